The van der Waals surface area contributed by atoms with Crippen LogP contribution in [0.2, 0.25) is 0 Å². The van der Waals surface area contributed by atoms with Crippen LogP contribution in [0, 0.1) is 0 Å². The van der Waals surface area contributed by atoms with E-state index in [-0.39, 0.29) is 0 Å². The van der Waals surface area contributed by atoms with E-state index >= 15 is 0 Å². The number of rotatable bonds is 2. The highest BCUT2D eigenvalue weighted by molar-refractivity contribution is 5.15. The van der Waals surface area contributed by atoms with Gasteiger partial charge in [0, 0.05) is 0 Å². The summed E-state index contributed by atoms with van der Waals surface area (Å²) in [6.45, 7) is 0. The van der Waals surface area contributed by atoms with Crippen LogP contribution in [0.4, 0.5) is 52.7 Å². The van der Waals surface area contributed by atoms with Crippen molar-refractivity contribution in [2.75, 3.05) is 0 Å². The lowest BCUT2D eigenvalue weighted by Gasteiger charge is -2.27. The molecule has 12 heteroatoms. The van der Waals surface area contributed by atoms with Crippen molar-refractivity contribution in [2.45, 2.75) is 30.1 Å². The topological polar surface area (TPSA) is 0 Å². The third-order valence-electron chi connectivity index (χ3n) is 1.73. The molecule has 0 bridgehead atoms. The quantitative estimate of drug-likeness (QED) is 0.517. The van der Waals surface area contributed by atoms with Gasteiger partial charge in [0.05, 0.1) is 0 Å². The smallest absolute Gasteiger partial charge is 0.219 e. The molecule has 0 saturated carbocycles. The first kappa shape index (κ1) is 17.9. The summed E-state index contributed by atoms with van der Waals surface area (Å²) in [5, 5.41) is 0. The van der Waals surface area contributed by atoms with Gasteiger partial charge in [0.2, 0.25) is 0 Å². The maximum Gasteiger partial charge on any atom is 0.457 e. The fourth-order valence-electron chi connectivity index (χ4n) is 0.664. The first-order chi connectivity index (χ1) is 7.96. The molecule has 0 unspecified atom stereocenters. The Morgan fingerprint density at radius 3 is 0.947 bits per heavy atom. The van der Waals surface area contributed by atoms with Crippen LogP contribution in [0.25, 0.3) is 0 Å². The second kappa shape index (κ2) is 4.47. The van der Waals surface area contributed by atoms with E-state index in [1.54, 1.807) is 0 Å². The Morgan fingerprint density at radius 1 is 0.421 bits per heavy atom. The van der Waals surface area contributed by atoms with E-state index in [1.807, 2.05) is 0 Å². The summed E-state index contributed by atoms with van der Waals surface area (Å²) in [6.07, 6.45) is -23.7. The van der Waals surface area contributed by atoms with Gasteiger partial charge in [-0.25, -0.2) is 4.39 Å². The van der Waals surface area contributed by atoms with Crippen molar-refractivity contribution in [3.05, 3.63) is 12.2 Å². The molecule has 0 N–H and O–H groups in total. The predicted octanol–water partition coefficient (Wildman–Crippen LogP) is 4.57. The molecule has 0 spiro atoms. The summed E-state index contributed by atoms with van der Waals surface area (Å²) in [5.74, 6) is -6.04. The molecular weight excluding hydrogens is 312 g/mol. The van der Waals surface area contributed by atoms with E-state index in [0.717, 1.165) is 0 Å². The van der Waals surface area contributed by atoms with Gasteiger partial charge in [0.1, 0.15) is 0 Å². The Labute approximate surface area is 96.2 Å². The van der Waals surface area contributed by atoms with Gasteiger partial charge in [-0.3, -0.25) is 0 Å². The Balaban J connectivity index is 5.65. The van der Waals surface area contributed by atoms with E-state index in [2.05, 4.69) is 0 Å². The van der Waals surface area contributed by atoms with Crippen molar-refractivity contribution < 1.29 is 52.7 Å². The second-order valence-electron chi connectivity index (χ2n) is 3.16. The molecule has 0 aromatic carbocycles. The third-order valence-corrected chi connectivity index (χ3v) is 1.73. The zero-order valence-corrected chi connectivity index (χ0v) is 8.19. The predicted molar refractivity (Wildman–Crippen MR) is 36.1 cm³/mol. The average Bonchev–Trinajstić information content (AvgIpc) is 2.08. The van der Waals surface area contributed by atoms with E-state index in [0.29, 0.717) is 0 Å². The molecule has 0 aromatic heterocycles. The highest BCUT2D eigenvalue weighted by atomic mass is 19.4. The SMILES string of the molecule is FC(F)(F)C(F)(F)C=CC(F)(C(F)(F)F)C(F)(F)F. The van der Waals surface area contributed by atoms with Gasteiger partial charge < -0.3 is 0 Å². The molecule has 0 aliphatic rings. The molecule has 0 nitrogen and oxygen atoms in total. The molecule has 0 aliphatic heterocycles. The minimum absolute atomic E-state index is 1.83. The number of hydrogen-bond donors (Lipinski definition) is 0. The van der Waals surface area contributed by atoms with Crippen molar-refractivity contribution in [2.24, 2.45) is 0 Å². The van der Waals surface area contributed by atoms with E-state index in [9.17, 15) is 52.7 Å². The van der Waals surface area contributed by atoms with Crippen LogP contribution < -0.4 is 0 Å². The normalized spacial score (nSPS) is 16.2. The Morgan fingerprint density at radius 2 is 0.737 bits per heavy atom. The second-order valence-corrected chi connectivity index (χ2v) is 3.16. The van der Waals surface area contributed by atoms with Gasteiger partial charge in [0.25, 0.3) is 0 Å². The molecule has 0 radical (unpaired) electrons. The average molecular weight is 314 g/mol. The van der Waals surface area contributed by atoms with Crippen molar-refractivity contribution in [1.29, 1.82) is 0 Å². The molecule has 0 atom stereocenters. The van der Waals surface area contributed by atoms with Crippen molar-refractivity contribution in [1.82, 2.24) is 0 Å². The Bertz CT molecular complexity index is 325. The minimum Gasteiger partial charge on any atom is -0.219 e. The largest absolute Gasteiger partial charge is 0.457 e. The lowest BCUT2D eigenvalue weighted by molar-refractivity contribution is -0.323. The highest BCUT2D eigenvalue weighted by Gasteiger charge is 2.71. The lowest BCUT2D eigenvalue weighted by atomic mass is 10.0. The van der Waals surface area contributed by atoms with Gasteiger partial charge in [-0.1, -0.05) is 0 Å². The van der Waals surface area contributed by atoms with Gasteiger partial charge in [-0.15, -0.1) is 0 Å². The fraction of sp³-hybridized carbons (Fsp3) is 0.714. The lowest BCUT2D eigenvalue weighted by Crippen LogP contribution is -2.52. The number of halogens is 12. The summed E-state index contributed by atoms with van der Waals surface area (Å²) in [7, 11) is 0. The molecule has 114 valence electrons. The van der Waals surface area contributed by atoms with Crippen LogP contribution >= 0.6 is 0 Å². The molecule has 0 rings (SSSR count). The molecule has 0 amide bonds. The monoisotopic (exact) mass is 314 g/mol. The number of allylic oxidation sites excluding steroid dienone is 2. The molecule has 0 heterocycles. The van der Waals surface area contributed by atoms with Crippen LogP contribution in [0.15, 0.2) is 12.2 Å². The number of hydrogen-bond acceptors (Lipinski definition) is 0. The Kier molecular flexibility index (Phi) is 4.22. The van der Waals surface area contributed by atoms with Gasteiger partial charge >= 0.3 is 30.1 Å². The summed E-state index contributed by atoms with van der Waals surface area (Å²) >= 11 is 0. The highest BCUT2D eigenvalue weighted by Crippen LogP contribution is 2.48. The van der Waals surface area contributed by atoms with Crippen LogP contribution in [0.3, 0.4) is 0 Å². The summed E-state index contributed by atoms with van der Waals surface area (Å²) < 4.78 is 142. The van der Waals surface area contributed by atoms with Gasteiger partial charge in [-0.2, -0.15) is 48.3 Å². The Hall–Kier alpha value is -1.10. The fourth-order valence-corrected chi connectivity index (χ4v) is 0.664. The van der Waals surface area contributed by atoms with Gasteiger partial charge in [-0.05, 0) is 12.2 Å². The molecule has 19 heavy (non-hydrogen) atoms. The minimum atomic E-state index is -6.75. The third kappa shape index (κ3) is 3.47. The zero-order valence-electron chi connectivity index (χ0n) is 8.19. The van der Waals surface area contributed by atoms with Gasteiger partial charge in [0.15, 0.2) is 0 Å². The van der Waals surface area contributed by atoms with E-state index in [4.69, 9.17) is 0 Å². The summed E-state index contributed by atoms with van der Waals surface area (Å²) in [5.41, 5.74) is -6.31. The van der Waals surface area contributed by atoms with Crippen LogP contribution in [-0.4, -0.2) is 30.1 Å². The molecule has 0 aliphatic carbocycles. The van der Waals surface area contributed by atoms with Crippen LogP contribution in [-0.2, 0) is 0 Å². The van der Waals surface area contributed by atoms with Crippen molar-refractivity contribution >= 4 is 0 Å². The van der Waals surface area contributed by atoms with Crippen LogP contribution in [0.1, 0.15) is 0 Å². The maximum atomic E-state index is 12.7. The van der Waals surface area contributed by atoms with Crippen LogP contribution in [0.5, 0.6) is 0 Å². The number of alkyl halides is 12. The summed E-state index contributed by atoms with van der Waals surface area (Å²) in [4.78, 5) is 0. The van der Waals surface area contributed by atoms with Crippen molar-refractivity contribution in [3.8, 4) is 0 Å². The molecule has 0 aromatic rings. The molecular formula is C7H2F12. The van der Waals surface area contributed by atoms with E-state index < -0.39 is 42.3 Å². The first-order valence-electron chi connectivity index (χ1n) is 3.93. The standard InChI is InChI=1S/C7H2F12/c8-3(5(11,12)13,6(14,15)16)1-2-4(9,10)7(17,18)19/h1-2H. The molecule has 0 fully saturated rings. The summed E-state index contributed by atoms with van der Waals surface area (Å²) in [6, 6.07) is 0. The van der Waals surface area contributed by atoms with Crippen molar-refractivity contribution in [3.63, 3.8) is 0 Å². The first-order valence-corrected chi connectivity index (χ1v) is 3.93. The maximum absolute atomic E-state index is 12.7. The van der Waals surface area contributed by atoms with E-state index in [1.165, 1.54) is 0 Å². The zero-order chi connectivity index (χ0) is 15.9. The molecule has 0 saturated heterocycles.